The summed E-state index contributed by atoms with van der Waals surface area (Å²) in [4.78, 5) is 24.3. The maximum atomic E-state index is 13.0. The van der Waals surface area contributed by atoms with Crippen LogP contribution in [-0.4, -0.2) is 53.5 Å². The summed E-state index contributed by atoms with van der Waals surface area (Å²) in [6.45, 7) is 7.95. The van der Waals surface area contributed by atoms with E-state index in [1.807, 2.05) is 24.4 Å². The van der Waals surface area contributed by atoms with Crippen molar-refractivity contribution >= 4 is 22.5 Å². The molecule has 1 unspecified atom stereocenters. The molecule has 1 saturated heterocycles. The van der Waals surface area contributed by atoms with Crippen molar-refractivity contribution in [3.8, 4) is 5.75 Å². The molecule has 0 amide bonds. The van der Waals surface area contributed by atoms with Crippen LogP contribution >= 0.6 is 0 Å². The van der Waals surface area contributed by atoms with Crippen molar-refractivity contribution in [2.75, 3.05) is 43.6 Å². The second-order valence-electron chi connectivity index (χ2n) is 8.95. The molecule has 2 aromatic heterocycles. The van der Waals surface area contributed by atoms with E-state index in [1.54, 1.807) is 11.7 Å². The van der Waals surface area contributed by atoms with Gasteiger partial charge in [0.15, 0.2) is 0 Å². The Morgan fingerprint density at radius 1 is 1.22 bits per heavy atom. The first kappa shape index (κ1) is 20.8. The fourth-order valence-electron chi connectivity index (χ4n) is 4.66. The summed E-state index contributed by atoms with van der Waals surface area (Å²) < 4.78 is 12.5. The highest BCUT2D eigenvalue weighted by Crippen LogP contribution is 2.37. The molecule has 4 heterocycles. The minimum absolute atomic E-state index is 0.238. The molecule has 2 aliphatic heterocycles. The van der Waals surface area contributed by atoms with E-state index in [0.29, 0.717) is 25.3 Å². The predicted octanol–water partition coefficient (Wildman–Crippen LogP) is 2.70. The molecule has 1 aromatic carbocycles. The van der Waals surface area contributed by atoms with Gasteiger partial charge in [-0.15, -0.1) is 0 Å². The van der Waals surface area contributed by atoms with Crippen molar-refractivity contribution in [3.05, 3.63) is 52.6 Å². The van der Waals surface area contributed by atoms with Gasteiger partial charge in [-0.1, -0.05) is 26.0 Å². The number of rotatable bonds is 5. The van der Waals surface area contributed by atoms with Gasteiger partial charge >= 0.3 is 5.69 Å². The number of aromatic nitrogens is 3. The number of nitrogens with one attached hydrogen (secondary N) is 1. The van der Waals surface area contributed by atoms with Crippen LogP contribution in [-0.2, 0) is 17.7 Å². The molecule has 0 saturated carbocycles. The normalized spacial score (nSPS) is 20.4. The number of anilines is 2. The van der Waals surface area contributed by atoms with E-state index < -0.39 is 0 Å². The van der Waals surface area contributed by atoms with Crippen molar-refractivity contribution in [2.24, 2.45) is 5.92 Å². The second kappa shape index (κ2) is 8.09. The summed E-state index contributed by atoms with van der Waals surface area (Å²) in [5, 5.41) is 3.70. The Balaban J connectivity index is 1.51. The monoisotopic (exact) mass is 435 g/mol. The number of hydrogen-bond acceptors (Lipinski definition) is 7. The molecule has 1 atom stereocenters. The average molecular weight is 436 g/mol. The van der Waals surface area contributed by atoms with Gasteiger partial charge in [0.05, 0.1) is 44.3 Å². The fourth-order valence-corrected chi connectivity index (χ4v) is 4.66. The van der Waals surface area contributed by atoms with Crippen molar-refractivity contribution in [1.82, 2.24) is 14.5 Å². The quantitative estimate of drug-likeness (QED) is 0.660. The molecule has 2 aliphatic rings. The van der Waals surface area contributed by atoms with Crippen LogP contribution < -0.4 is 20.6 Å². The molecular formula is C24H29N5O3. The number of morpholine rings is 1. The van der Waals surface area contributed by atoms with E-state index in [9.17, 15) is 4.79 Å². The van der Waals surface area contributed by atoms with Gasteiger partial charge in [0.2, 0.25) is 0 Å². The van der Waals surface area contributed by atoms with Gasteiger partial charge in [-0.3, -0.25) is 4.57 Å². The molecule has 168 valence electrons. The Labute approximate surface area is 187 Å². The van der Waals surface area contributed by atoms with Gasteiger partial charge in [0.1, 0.15) is 22.6 Å². The maximum absolute atomic E-state index is 13.0. The van der Waals surface area contributed by atoms with Crippen LogP contribution in [0.4, 0.5) is 11.5 Å². The van der Waals surface area contributed by atoms with E-state index >= 15 is 0 Å². The highest BCUT2D eigenvalue weighted by Gasteiger charge is 2.41. The molecule has 0 bridgehead atoms. The summed E-state index contributed by atoms with van der Waals surface area (Å²) >= 11 is 0. The number of benzene rings is 1. The zero-order valence-corrected chi connectivity index (χ0v) is 18.8. The maximum Gasteiger partial charge on any atom is 0.349 e. The molecular weight excluding hydrogens is 406 g/mol. The lowest BCUT2D eigenvalue weighted by Crippen LogP contribution is -2.45. The standard InChI is InChI=1S/C24H29N5O3/c1-16(2)24(13-17-4-6-19(31-3)7-5-17)15-29-22(27-24)21-20(26-23(29)30)12-18(14-25-21)28-8-10-32-11-9-28/h4-7,12,14,16,27H,8-11,13,15H2,1-3H3. The molecule has 0 aliphatic carbocycles. The van der Waals surface area contributed by atoms with Crippen molar-refractivity contribution < 1.29 is 9.47 Å². The zero-order chi connectivity index (χ0) is 22.3. The first-order valence-electron chi connectivity index (χ1n) is 11.1. The lowest BCUT2D eigenvalue weighted by atomic mass is 9.81. The van der Waals surface area contributed by atoms with Crippen LogP contribution in [0.25, 0.3) is 11.0 Å². The lowest BCUT2D eigenvalue weighted by molar-refractivity contribution is 0.122. The minimum Gasteiger partial charge on any atom is -0.497 e. The summed E-state index contributed by atoms with van der Waals surface area (Å²) in [6.07, 6.45) is 2.66. The Hall–Kier alpha value is -3.13. The third kappa shape index (κ3) is 3.58. The number of ether oxygens (including phenoxy) is 2. The molecule has 5 rings (SSSR count). The van der Waals surface area contributed by atoms with Crippen LogP contribution in [0.3, 0.4) is 0 Å². The van der Waals surface area contributed by atoms with Gasteiger partial charge in [-0.2, -0.15) is 4.98 Å². The third-order valence-corrected chi connectivity index (χ3v) is 6.76. The number of hydrogen-bond donors (Lipinski definition) is 1. The van der Waals surface area contributed by atoms with Crippen LogP contribution in [0.15, 0.2) is 41.3 Å². The SMILES string of the molecule is COc1ccc(CC2(C(C)C)Cn3c(c4ncc(N5CCOCC5)cc4nc3=O)N2)cc1. The molecule has 1 fully saturated rings. The average Bonchev–Trinajstić information content (AvgIpc) is 3.22. The third-order valence-electron chi connectivity index (χ3n) is 6.76. The Bertz CT molecular complexity index is 1180. The zero-order valence-electron chi connectivity index (χ0n) is 18.8. The van der Waals surface area contributed by atoms with E-state index in [0.717, 1.165) is 42.3 Å². The molecule has 3 aromatic rings. The number of nitrogens with zero attached hydrogens (tertiary/aromatic N) is 4. The topological polar surface area (TPSA) is 81.5 Å². The Morgan fingerprint density at radius 3 is 2.66 bits per heavy atom. The Kier molecular flexibility index (Phi) is 5.25. The van der Waals surface area contributed by atoms with Crippen LogP contribution in [0.1, 0.15) is 19.4 Å². The van der Waals surface area contributed by atoms with Gasteiger partial charge < -0.3 is 19.7 Å². The van der Waals surface area contributed by atoms with Crippen LogP contribution in [0, 0.1) is 5.92 Å². The predicted molar refractivity (Wildman–Crippen MR) is 125 cm³/mol. The highest BCUT2D eigenvalue weighted by molar-refractivity contribution is 5.88. The van der Waals surface area contributed by atoms with E-state index in [-0.39, 0.29) is 17.1 Å². The first-order valence-corrected chi connectivity index (χ1v) is 11.1. The van der Waals surface area contributed by atoms with Crippen molar-refractivity contribution in [3.63, 3.8) is 0 Å². The van der Waals surface area contributed by atoms with Crippen LogP contribution in [0.5, 0.6) is 5.75 Å². The summed E-state index contributed by atoms with van der Waals surface area (Å²) in [5.41, 5.74) is 2.98. The van der Waals surface area contributed by atoms with Crippen molar-refractivity contribution in [2.45, 2.75) is 32.4 Å². The van der Waals surface area contributed by atoms with Gasteiger partial charge in [-0.25, -0.2) is 9.78 Å². The summed E-state index contributed by atoms with van der Waals surface area (Å²) in [7, 11) is 1.67. The molecule has 8 heteroatoms. The first-order chi connectivity index (χ1) is 15.5. The van der Waals surface area contributed by atoms with E-state index in [4.69, 9.17) is 14.5 Å². The number of pyridine rings is 1. The second-order valence-corrected chi connectivity index (χ2v) is 8.95. The smallest absolute Gasteiger partial charge is 0.349 e. The van der Waals surface area contributed by atoms with Crippen molar-refractivity contribution in [1.29, 1.82) is 0 Å². The van der Waals surface area contributed by atoms with Gasteiger partial charge in [-0.05, 0) is 36.1 Å². The molecule has 32 heavy (non-hydrogen) atoms. The molecule has 8 nitrogen and oxygen atoms in total. The Morgan fingerprint density at radius 2 is 1.97 bits per heavy atom. The number of methoxy groups -OCH3 is 1. The molecule has 0 radical (unpaired) electrons. The van der Waals surface area contributed by atoms with Gasteiger partial charge in [0.25, 0.3) is 0 Å². The fraction of sp³-hybridized carbons (Fsp3) is 0.458. The van der Waals surface area contributed by atoms with E-state index in [2.05, 4.69) is 41.2 Å². The largest absolute Gasteiger partial charge is 0.497 e. The summed E-state index contributed by atoms with van der Waals surface area (Å²) in [6, 6.07) is 10.1. The lowest BCUT2D eigenvalue weighted by Gasteiger charge is -2.33. The van der Waals surface area contributed by atoms with Gasteiger partial charge in [0, 0.05) is 13.1 Å². The molecule has 0 spiro atoms. The van der Waals surface area contributed by atoms with E-state index in [1.165, 1.54) is 5.56 Å². The summed E-state index contributed by atoms with van der Waals surface area (Å²) in [5.74, 6) is 1.88. The minimum atomic E-state index is -0.304. The van der Waals surface area contributed by atoms with Crippen LogP contribution in [0.2, 0.25) is 0 Å². The highest BCUT2D eigenvalue weighted by atomic mass is 16.5. The molecule has 1 N–H and O–H groups in total. The number of fused-ring (bicyclic) bond motifs is 3.